The van der Waals surface area contributed by atoms with Crippen molar-refractivity contribution in [1.29, 1.82) is 5.41 Å². The third-order valence-corrected chi connectivity index (χ3v) is 2.36. The molecule has 72 valence electrons. The second kappa shape index (κ2) is 2.88. The molecule has 0 unspecified atom stereocenters. The van der Waals surface area contributed by atoms with Crippen molar-refractivity contribution >= 4 is 10.8 Å². The van der Waals surface area contributed by atoms with Gasteiger partial charge in [-0.3, -0.25) is 5.41 Å². The van der Waals surface area contributed by atoms with E-state index in [0.29, 0.717) is 0 Å². The lowest BCUT2D eigenvalue weighted by atomic mass is 10.1. The second-order valence-electron chi connectivity index (χ2n) is 3.32. The van der Waals surface area contributed by atoms with Gasteiger partial charge in [0.15, 0.2) is 0 Å². The molecular weight excluding hydrogens is 188 g/mol. The fourth-order valence-corrected chi connectivity index (χ4v) is 1.69. The van der Waals surface area contributed by atoms with Crippen LogP contribution in [-0.2, 0) is 0 Å². The van der Waals surface area contributed by atoms with E-state index in [0.717, 1.165) is 22.2 Å². The van der Waals surface area contributed by atoms with Crippen LogP contribution in [0.5, 0.6) is 0 Å². The van der Waals surface area contributed by atoms with Gasteiger partial charge in [-0.15, -0.1) is 0 Å². The Hall–Kier alpha value is -2.23. The SMILES string of the molecule is N=c1nc2ccccc3c[nH]cc3c-2n1. The second-order valence-corrected chi connectivity index (χ2v) is 3.32. The standard InChI is InChI=1S/C11H8N4/c12-11-14-9-4-2-1-3-7-5-13-6-8(7)10(9)15-11/h1-6,12-13H. The first-order valence-electron chi connectivity index (χ1n) is 4.63. The van der Waals surface area contributed by atoms with Crippen molar-refractivity contribution in [2.24, 2.45) is 0 Å². The summed E-state index contributed by atoms with van der Waals surface area (Å²) in [6.45, 7) is 0. The zero-order valence-electron chi connectivity index (χ0n) is 7.86. The number of hydrogen-bond donors (Lipinski definition) is 2. The molecule has 0 bridgehead atoms. The van der Waals surface area contributed by atoms with Crippen LogP contribution in [0.25, 0.3) is 22.2 Å². The van der Waals surface area contributed by atoms with E-state index in [1.165, 1.54) is 0 Å². The fourth-order valence-electron chi connectivity index (χ4n) is 1.69. The van der Waals surface area contributed by atoms with E-state index in [2.05, 4.69) is 15.0 Å². The third-order valence-electron chi connectivity index (χ3n) is 2.36. The molecule has 0 saturated heterocycles. The summed E-state index contributed by atoms with van der Waals surface area (Å²) in [5.41, 5.74) is 1.60. The molecule has 1 aromatic rings. The molecule has 4 heteroatoms. The van der Waals surface area contributed by atoms with Gasteiger partial charge in [-0.25, -0.2) is 9.97 Å². The highest BCUT2D eigenvalue weighted by atomic mass is 15.0. The van der Waals surface area contributed by atoms with Crippen molar-refractivity contribution in [2.75, 3.05) is 0 Å². The Morgan fingerprint density at radius 3 is 2.87 bits per heavy atom. The minimum absolute atomic E-state index is 0.0682. The van der Waals surface area contributed by atoms with Crippen molar-refractivity contribution in [2.45, 2.75) is 0 Å². The van der Waals surface area contributed by atoms with Crippen LogP contribution in [0.2, 0.25) is 0 Å². The van der Waals surface area contributed by atoms with E-state index in [-0.39, 0.29) is 5.62 Å². The molecular formula is C11H8N4. The number of rotatable bonds is 0. The molecule has 2 aliphatic rings. The third kappa shape index (κ3) is 1.19. The molecule has 2 heterocycles. The van der Waals surface area contributed by atoms with E-state index in [4.69, 9.17) is 5.41 Å². The first-order chi connectivity index (χ1) is 7.34. The maximum Gasteiger partial charge on any atom is 0.243 e. The molecule has 3 rings (SSSR count). The quantitative estimate of drug-likeness (QED) is 0.572. The number of H-pyrrole nitrogens is 1. The molecule has 0 spiro atoms. The number of aromatic amines is 1. The first-order valence-corrected chi connectivity index (χ1v) is 4.63. The van der Waals surface area contributed by atoms with Gasteiger partial charge in [-0.1, -0.05) is 18.2 Å². The molecule has 0 radical (unpaired) electrons. The van der Waals surface area contributed by atoms with Gasteiger partial charge in [-0.2, -0.15) is 0 Å². The van der Waals surface area contributed by atoms with Crippen LogP contribution >= 0.6 is 0 Å². The zero-order valence-corrected chi connectivity index (χ0v) is 7.86. The number of hydrogen-bond acceptors (Lipinski definition) is 3. The predicted molar refractivity (Wildman–Crippen MR) is 56.4 cm³/mol. The summed E-state index contributed by atoms with van der Waals surface area (Å²) >= 11 is 0. The van der Waals surface area contributed by atoms with Gasteiger partial charge in [-0.05, 0) is 6.07 Å². The Kier molecular flexibility index (Phi) is 1.56. The Bertz CT molecular complexity index is 656. The molecule has 0 saturated carbocycles. The number of nitrogens with one attached hydrogen (secondary N) is 2. The predicted octanol–water partition coefficient (Wildman–Crippen LogP) is 1.54. The van der Waals surface area contributed by atoms with Crippen LogP contribution in [-0.4, -0.2) is 15.0 Å². The fraction of sp³-hybridized carbons (Fsp3) is 0. The van der Waals surface area contributed by atoms with Crippen LogP contribution in [0.3, 0.4) is 0 Å². The monoisotopic (exact) mass is 196 g/mol. The van der Waals surface area contributed by atoms with Crippen LogP contribution in [0.15, 0.2) is 36.7 Å². The van der Waals surface area contributed by atoms with Gasteiger partial charge in [0.1, 0.15) is 5.69 Å². The van der Waals surface area contributed by atoms with Crippen LogP contribution in [0.4, 0.5) is 0 Å². The number of aromatic nitrogens is 3. The molecule has 0 amide bonds. The largest absolute Gasteiger partial charge is 0.366 e. The summed E-state index contributed by atoms with van der Waals surface area (Å²) in [7, 11) is 0. The Morgan fingerprint density at radius 2 is 1.93 bits per heavy atom. The van der Waals surface area contributed by atoms with Gasteiger partial charge in [0.05, 0.1) is 5.69 Å². The maximum atomic E-state index is 7.44. The van der Waals surface area contributed by atoms with E-state index in [1.807, 2.05) is 36.7 Å². The van der Waals surface area contributed by atoms with Crippen LogP contribution < -0.4 is 5.62 Å². The van der Waals surface area contributed by atoms with E-state index < -0.39 is 0 Å². The lowest BCUT2D eigenvalue weighted by molar-refractivity contribution is 1.05. The Morgan fingerprint density at radius 1 is 1.07 bits per heavy atom. The van der Waals surface area contributed by atoms with Crippen molar-refractivity contribution in [3.05, 3.63) is 42.3 Å². The summed E-state index contributed by atoms with van der Waals surface area (Å²) in [4.78, 5) is 11.2. The molecule has 1 aliphatic carbocycles. The van der Waals surface area contributed by atoms with E-state index >= 15 is 0 Å². The molecule has 1 aliphatic heterocycles. The van der Waals surface area contributed by atoms with Crippen molar-refractivity contribution in [3.63, 3.8) is 0 Å². The normalized spacial score (nSPS) is 10.9. The van der Waals surface area contributed by atoms with Gasteiger partial charge in [0.25, 0.3) is 0 Å². The molecule has 0 fully saturated rings. The highest BCUT2D eigenvalue weighted by Gasteiger charge is 2.08. The van der Waals surface area contributed by atoms with Gasteiger partial charge >= 0.3 is 0 Å². The summed E-state index contributed by atoms with van der Waals surface area (Å²) in [6, 6.07) is 7.73. The van der Waals surface area contributed by atoms with E-state index in [9.17, 15) is 0 Å². The van der Waals surface area contributed by atoms with Gasteiger partial charge in [0, 0.05) is 23.2 Å². The topological polar surface area (TPSA) is 65.4 Å². The maximum absolute atomic E-state index is 7.44. The Labute approximate surface area is 85.5 Å². The summed E-state index contributed by atoms with van der Waals surface area (Å²) in [5, 5.41) is 9.51. The first kappa shape index (κ1) is 8.11. The van der Waals surface area contributed by atoms with Crippen LogP contribution in [0, 0.1) is 5.41 Å². The molecule has 0 atom stereocenters. The lowest BCUT2D eigenvalue weighted by Crippen LogP contribution is -1.99. The summed E-state index contributed by atoms with van der Waals surface area (Å²) in [6.07, 6.45) is 3.79. The highest BCUT2D eigenvalue weighted by Crippen LogP contribution is 2.23. The van der Waals surface area contributed by atoms with Gasteiger partial charge in [0.2, 0.25) is 5.62 Å². The summed E-state index contributed by atoms with van der Waals surface area (Å²) in [5.74, 6) is 0. The zero-order chi connectivity index (χ0) is 10.3. The molecule has 2 N–H and O–H groups in total. The smallest absolute Gasteiger partial charge is 0.243 e. The summed E-state index contributed by atoms with van der Waals surface area (Å²) < 4.78 is 0. The molecule has 4 nitrogen and oxygen atoms in total. The molecule has 15 heavy (non-hydrogen) atoms. The molecule has 1 aromatic heterocycles. The number of imidazole rings is 1. The number of nitrogens with zero attached hydrogens (tertiary/aromatic N) is 2. The van der Waals surface area contributed by atoms with Crippen molar-refractivity contribution in [3.8, 4) is 11.4 Å². The minimum atomic E-state index is 0.0682. The van der Waals surface area contributed by atoms with Crippen LogP contribution in [0.1, 0.15) is 0 Å². The number of fused-ring (bicyclic) bond motifs is 3. The average molecular weight is 196 g/mol. The Balaban J connectivity index is 2.59. The highest BCUT2D eigenvalue weighted by molar-refractivity contribution is 5.92. The van der Waals surface area contributed by atoms with Gasteiger partial charge < -0.3 is 4.98 Å². The van der Waals surface area contributed by atoms with Crippen molar-refractivity contribution in [1.82, 2.24) is 15.0 Å². The minimum Gasteiger partial charge on any atom is -0.366 e. The van der Waals surface area contributed by atoms with Crippen molar-refractivity contribution < 1.29 is 0 Å². The lowest BCUT2D eigenvalue weighted by Gasteiger charge is -1.92. The average Bonchev–Trinajstić information content (AvgIpc) is 2.76. The molecule has 0 aromatic carbocycles. The van der Waals surface area contributed by atoms with E-state index in [1.54, 1.807) is 0 Å².